The number of rotatable bonds is 22. The van der Waals surface area contributed by atoms with E-state index in [0.29, 0.717) is 12.8 Å². The monoisotopic (exact) mass is 724 g/mol. The van der Waals surface area contributed by atoms with Crippen LogP contribution in [0, 0.1) is 11.8 Å². The first-order valence-electron chi connectivity index (χ1n) is 14.7. The number of aliphatic carboxylic acids is 2. The molecule has 0 aromatic rings. The Balaban J connectivity index is -0.000000536. The normalized spacial score (nSPS) is 13.1. The van der Waals surface area contributed by atoms with Crippen LogP contribution < -0.4 is 10.2 Å². The van der Waals surface area contributed by atoms with E-state index in [-0.39, 0.29) is 56.1 Å². The number of hydrogen-bond donors (Lipinski definition) is 2. The van der Waals surface area contributed by atoms with Crippen LogP contribution in [0.2, 0.25) is 8.87 Å². The standard InChI is InChI=1S/2C11H20O3S.2C4H7O.Sn/c2*1-3-5-6-8(4-2)7-9(12)10(15)11(13)14;2*1-3-4(2)5;/h2*8,10,15H,3-7H2,1-2H3,(H,13,14);2*1,3H2,2H3;/q;;;;+2/p-2. The summed E-state index contributed by atoms with van der Waals surface area (Å²) in [5.41, 5.74) is 0. The minimum Gasteiger partial charge on any atom is -0.548 e. The van der Waals surface area contributed by atoms with E-state index >= 15 is 0 Å². The van der Waals surface area contributed by atoms with Crippen LogP contribution in [-0.4, -0.2) is 66.7 Å². The third-order valence-corrected chi connectivity index (χ3v) is 10.9. The maximum absolute atomic E-state index is 11.4. The second-order valence-electron chi connectivity index (χ2n) is 10.3. The molecule has 0 aliphatic rings. The molecule has 0 amide bonds. The summed E-state index contributed by atoms with van der Waals surface area (Å²) in [6.45, 7) is 11.5. The van der Waals surface area contributed by atoms with Gasteiger partial charge in [0.2, 0.25) is 0 Å². The molecular weight excluding hydrogens is 671 g/mol. The zero-order chi connectivity index (χ0) is 32.4. The summed E-state index contributed by atoms with van der Waals surface area (Å²) in [7, 11) is 0. The van der Waals surface area contributed by atoms with Gasteiger partial charge in [-0.3, -0.25) is 9.59 Å². The first-order valence-corrected chi connectivity index (χ1v) is 19.8. The summed E-state index contributed by atoms with van der Waals surface area (Å²) in [6, 6.07) is 0. The summed E-state index contributed by atoms with van der Waals surface area (Å²) in [5.74, 6) is -2.31. The Kier molecular flexibility index (Phi) is 31.7. The van der Waals surface area contributed by atoms with Crippen molar-refractivity contribution >= 4 is 81.5 Å². The molecule has 8 nitrogen and oxygen atoms in total. The van der Waals surface area contributed by atoms with Gasteiger partial charge in [-0.05, 0) is 11.8 Å². The van der Waals surface area contributed by atoms with E-state index in [9.17, 15) is 39.0 Å². The van der Waals surface area contributed by atoms with Gasteiger partial charge in [0.25, 0.3) is 0 Å². The van der Waals surface area contributed by atoms with Crippen LogP contribution in [0.3, 0.4) is 0 Å². The van der Waals surface area contributed by atoms with Crippen LogP contribution in [0.5, 0.6) is 0 Å². The Morgan fingerprint density at radius 1 is 0.634 bits per heavy atom. The van der Waals surface area contributed by atoms with E-state index in [2.05, 4.69) is 39.1 Å². The molecule has 4 unspecified atom stereocenters. The number of thiol groups is 2. The predicted octanol–water partition coefficient (Wildman–Crippen LogP) is 3.91. The maximum atomic E-state index is 11.4. The van der Waals surface area contributed by atoms with Crippen LogP contribution in [0.1, 0.15) is 119 Å². The van der Waals surface area contributed by atoms with Crippen LogP contribution in [-0.2, 0) is 28.8 Å². The Morgan fingerprint density at radius 3 is 1.17 bits per heavy atom. The maximum Gasteiger partial charge on any atom is 0.151 e. The van der Waals surface area contributed by atoms with E-state index in [4.69, 9.17) is 0 Å². The van der Waals surface area contributed by atoms with E-state index in [1.54, 1.807) is 13.8 Å². The summed E-state index contributed by atoms with van der Waals surface area (Å²) in [4.78, 5) is 64.7. The molecule has 0 rings (SSSR count). The molecular formula is C30H52O8S2Sn. The SMILES string of the molecule is CC(=O)C[CH2][Sn+2][CH2]CC(C)=O.CCCCC(CC)CC(=O)C(S)C(=O)[O-].CCCCC(CC)CC(=O)C(S)C(=O)[O-]. The molecule has 0 fully saturated rings. The van der Waals surface area contributed by atoms with E-state index in [0.717, 1.165) is 73.1 Å². The van der Waals surface area contributed by atoms with Crippen LogP contribution in [0.15, 0.2) is 0 Å². The quantitative estimate of drug-likeness (QED) is 0.0740. The topological polar surface area (TPSA) is 149 Å². The summed E-state index contributed by atoms with van der Waals surface area (Å²) < 4.78 is 2.21. The zero-order valence-corrected chi connectivity index (χ0v) is 30.5. The van der Waals surface area contributed by atoms with Crippen molar-refractivity contribution < 1.29 is 39.0 Å². The van der Waals surface area contributed by atoms with Gasteiger partial charge in [0, 0.05) is 12.8 Å². The van der Waals surface area contributed by atoms with Crippen molar-refractivity contribution in [3.05, 3.63) is 0 Å². The fraction of sp³-hybridized carbons (Fsp3) is 0.800. The van der Waals surface area contributed by atoms with Gasteiger partial charge >= 0.3 is 77.9 Å². The summed E-state index contributed by atoms with van der Waals surface area (Å²) in [6.07, 6.45) is 10.2. The minimum atomic E-state index is -1.39. The van der Waals surface area contributed by atoms with Crippen LogP contribution in [0.4, 0.5) is 0 Å². The number of carbonyl (C=O) groups excluding carboxylic acids is 6. The van der Waals surface area contributed by atoms with Crippen molar-refractivity contribution in [1.29, 1.82) is 0 Å². The number of hydrogen-bond acceptors (Lipinski definition) is 10. The third-order valence-electron chi connectivity index (χ3n) is 6.43. The number of ketones is 4. The van der Waals surface area contributed by atoms with Crippen molar-refractivity contribution in [2.75, 3.05) is 0 Å². The second kappa shape index (κ2) is 29.2. The van der Waals surface area contributed by atoms with E-state index in [1.807, 2.05) is 13.8 Å². The molecule has 0 aromatic heterocycles. The molecule has 0 aromatic carbocycles. The molecule has 41 heavy (non-hydrogen) atoms. The van der Waals surface area contributed by atoms with Gasteiger partial charge in [0.05, 0.1) is 22.4 Å². The van der Waals surface area contributed by atoms with Crippen molar-refractivity contribution in [2.24, 2.45) is 11.8 Å². The smallest absolute Gasteiger partial charge is 0.151 e. The summed E-state index contributed by atoms with van der Waals surface area (Å²) in [5, 5.41) is 18.3. The molecule has 236 valence electrons. The van der Waals surface area contributed by atoms with Gasteiger partial charge in [0.1, 0.15) is 0 Å². The molecule has 0 heterocycles. The average Bonchev–Trinajstić information content (AvgIpc) is 2.92. The van der Waals surface area contributed by atoms with E-state index in [1.165, 1.54) is 0 Å². The Morgan fingerprint density at radius 2 is 0.951 bits per heavy atom. The predicted molar refractivity (Wildman–Crippen MR) is 167 cm³/mol. The first kappa shape index (κ1) is 44.6. The number of Topliss-reactive ketones (excluding diaryl/α,β-unsaturated/α-hetero) is 4. The Hall–Kier alpha value is -0.881. The van der Waals surface area contributed by atoms with Gasteiger partial charge in [-0.25, -0.2) is 0 Å². The number of carbonyl (C=O) groups is 6. The van der Waals surface area contributed by atoms with Gasteiger partial charge in [0.15, 0.2) is 11.6 Å². The fourth-order valence-electron chi connectivity index (χ4n) is 3.60. The fourth-order valence-corrected chi connectivity index (χ4v) is 7.54. The zero-order valence-electron chi connectivity index (χ0n) is 25.9. The van der Waals surface area contributed by atoms with Crippen molar-refractivity contribution in [2.45, 2.75) is 138 Å². The first-order chi connectivity index (χ1) is 19.2. The molecule has 0 N–H and O–H groups in total. The van der Waals surface area contributed by atoms with Crippen molar-refractivity contribution in [3.8, 4) is 0 Å². The van der Waals surface area contributed by atoms with Gasteiger partial charge < -0.3 is 19.8 Å². The van der Waals surface area contributed by atoms with Gasteiger partial charge in [-0.2, -0.15) is 25.3 Å². The number of carboxylic acid groups (broad SMARTS) is 2. The molecule has 0 radical (unpaired) electrons. The Bertz CT molecular complexity index is 714. The molecule has 0 saturated carbocycles. The molecule has 0 aliphatic heterocycles. The third kappa shape index (κ3) is 29.0. The van der Waals surface area contributed by atoms with Crippen molar-refractivity contribution in [1.82, 2.24) is 0 Å². The average molecular weight is 724 g/mol. The molecule has 4 atom stereocenters. The van der Waals surface area contributed by atoms with Gasteiger partial charge in [-0.1, -0.05) is 79.1 Å². The van der Waals surface area contributed by atoms with Crippen LogP contribution in [0.25, 0.3) is 0 Å². The number of unbranched alkanes of at least 4 members (excludes halogenated alkanes) is 2. The summed E-state index contributed by atoms with van der Waals surface area (Å²) >= 11 is 7.06. The molecule has 0 spiro atoms. The van der Waals surface area contributed by atoms with Gasteiger partial charge in [-0.15, -0.1) is 0 Å². The number of carboxylic acids is 2. The molecule has 0 aliphatic carbocycles. The van der Waals surface area contributed by atoms with E-state index < -0.39 is 22.4 Å². The Labute approximate surface area is 269 Å². The minimum absolute atomic E-state index is 0.284. The molecule has 0 bridgehead atoms. The van der Waals surface area contributed by atoms with Crippen molar-refractivity contribution in [3.63, 3.8) is 0 Å². The largest absolute Gasteiger partial charge is 0.548 e. The second-order valence-corrected chi connectivity index (χ2v) is 15.6. The molecule has 11 heteroatoms. The van der Waals surface area contributed by atoms with Crippen LogP contribution >= 0.6 is 25.3 Å². The molecule has 0 saturated heterocycles.